The van der Waals surface area contributed by atoms with Crippen molar-refractivity contribution in [3.63, 3.8) is 0 Å². The maximum absolute atomic E-state index is 15.1. The Hall–Kier alpha value is -3.09. The summed E-state index contributed by atoms with van der Waals surface area (Å²) >= 11 is 0. The molecule has 1 amide bonds. The SMILES string of the molecule is CC(C)COc1ccc(F)c(-c2ccc3c(c2)N(CC(C)C)CCCCCCCCN(C(=O)C(=O)O)C3)c1. The van der Waals surface area contributed by atoms with Gasteiger partial charge in [-0.15, -0.1) is 0 Å². The number of carbonyl (C=O) groups is 2. The van der Waals surface area contributed by atoms with Gasteiger partial charge in [-0.1, -0.05) is 65.5 Å². The number of anilines is 1. The number of carboxylic acid groups (broad SMARTS) is 1. The number of rotatable bonds is 6. The van der Waals surface area contributed by atoms with Gasteiger partial charge in [-0.3, -0.25) is 4.79 Å². The molecule has 0 aromatic heterocycles. The zero-order chi connectivity index (χ0) is 27.7. The van der Waals surface area contributed by atoms with Gasteiger partial charge in [0.15, 0.2) is 0 Å². The van der Waals surface area contributed by atoms with Gasteiger partial charge >= 0.3 is 11.9 Å². The first-order valence-corrected chi connectivity index (χ1v) is 14.0. The first-order chi connectivity index (χ1) is 18.2. The molecule has 2 aromatic carbocycles. The monoisotopic (exact) mass is 526 g/mol. The Morgan fingerprint density at radius 3 is 2.26 bits per heavy atom. The summed E-state index contributed by atoms with van der Waals surface area (Å²) in [5.41, 5.74) is 2.98. The Bertz CT molecular complexity index is 1090. The molecule has 0 bridgehead atoms. The van der Waals surface area contributed by atoms with Crippen molar-refractivity contribution in [2.45, 2.75) is 72.8 Å². The molecule has 6 nitrogen and oxygen atoms in total. The molecular weight excluding hydrogens is 483 g/mol. The summed E-state index contributed by atoms with van der Waals surface area (Å²) < 4.78 is 20.9. The predicted octanol–water partition coefficient (Wildman–Crippen LogP) is 6.76. The molecule has 208 valence electrons. The zero-order valence-corrected chi connectivity index (χ0v) is 23.3. The zero-order valence-electron chi connectivity index (χ0n) is 23.3. The lowest BCUT2D eigenvalue weighted by Crippen LogP contribution is -2.37. The Morgan fingerprint density at radius 2 is 1.61 bits per heavy atom. The summed E-state index contributed by atoms with van der Waals surface area (Å²) in [6.45, 7) is 11.3. The maximum atomic E-state index is 15.1. The van der Waals surface area contributed by atoms with Gasteiger partial charge in [0.05, 0.1) is 6.61 Å². The second-order valence-corrected chi connectivity index (χ2v) is 11.2. The number of amides is 1. The van der Waals surface area contributed by atoms with Crippen LogP contribution in [-0.4, -0.2) is 48.1 Å². The van der Waals surface area contributed by atoms with Crippen molar-refractivity contribution in [1.29, 1.82) is 0 Å². The topological polar surface area (TPSA) is 70.1 Å². The molecule has 0 saturated carbocycles. The summed E-state index contributed by atoms with van der Waals surface area (Å²) in [4.78, 5) is 27.9. The molecular formula is C31H43FN2O4. The molecule has 1 aliphatic rings. The van der Waals surface area contributed by atoms with Crippen molar-refractivity contribution in [2.75, 3.05) is 31.1 Å². The summed E-state index contributed by atoms with van der Waals surface area (Å²) in [6, 6.07) is 10.6. The van der Waals surface area contributed by atoms with Crippen molar-refractivity contribution < 1.29 is 23.8 Å². The van der Waals surface area contributed by atoms with E-state index in [1.165, 1.54) is 11.0 Å². The van der Waals surface area contributed by atoms with Crippen LogP contribution in [0.1, 0.15) is 71.8 Å². The minimum Gasteiger partial charge on any atom is -0.493 e. The number of hydrogen-bond donors (Lipinski definition) is 1. The summed E-state index contributed by atoms with van der Waals surface area (Å²) in [6.07, 6.45) is 6.09. The number of nitrogens with zero attached hydrogens (tertiary/aromatic N) is 2. The highest BCUT2D eigenvalue weighted by atomic mass is 19.1. The number of carboxylic acids is 1. The highest BCUT2D eigenvalue weighted by Crippen LogP contribution is 2.34. The lowest BCUT2D eigenvalue weighted by atomic mass is 9.99. The second kappa shape index (κ2) is 14.2. The summed E-state index contributed by atoms with van der Waals surface area (Å²) in [5, 5.41) is 9.46. The fourth-order valence-corrected chi connectivity index (χ4v) is 4.89. The van der Waals surface area contributed by atoms with Gasteiger partial charge in [0.25, 0.3) is 0 Å². The van der Waals surface area contributed by atoms with Crippen molar-refractivity contribution in [2.24, 2.45) is 11.8 Å². The molecule has 0 atom stereocenters. The molecule has 1 N–H and O–H groups in total. The van der Waals surface area contributed by atoms with E-state index < -0.39 is 11.9 Å². The van der Waals surface area contributed by atoms with Crippen LogP contribution in [0.2, 0.25) is 0 Å². The minimum atomic E-state index is -1.44. The second-order valence-electron chi connectivity index (χ2n) is 11.2. The van der Waals surface area contributed by atoms with Gasteiger partial charge in [-0.05, 0) is 60.1 Å². The Labute approximate surface area is 226 Å². The summed E-state index contributed by atoms with van der Waals surface area (Å²) in [5.74, 6) is -1.28. The van der Waals surface area contributed by atoms with Crippen LogP contribution in [-0.2, 0) is 16.1 Å². The number of fused-ring (bicyclic) bond motifs is 1. The Morgan fingerprint density at radius 1 is 0.921 bits per heavy atom. The Balaban J connectivity index is 2.08. The maximum Gasteiger partial charge on any atom is 0.394 e. The molecule has 2 aromatic rings. The average Bonchev–Trinajstić information content (AvgIpc) is 2.88. The molecule has 0 fully saturated rings. The van der Waals surface area contributed by atoms with Gasteiger partial charge in [-0.2, -0.15) is 0 Å². The third-order valence-electron chi connectivity index (χ3n) is 6.78. The third kappa shape index (κ3) is 8.47. The van der Waals surface area contributed by atoms with Crippen molar-refractivity contribution in [3.8, 4) is 16.9 Å². The van der Waals surface area contributed by atoms with Gasteiger partial charge in [0.2, 0.25) is 0 Å². The molecule has 3 rings (SSSR count). The number of benzene rings is 2. The van der Waals surface area contributed by atoms with Crippen LogP contribution in [0.5, 0.6) is 5.75 Å². The predicted molar refractivity (Wildman–Crippen MR) is 150 cm³/mol. The van der Waals surface area contributed by atoms with E-state index in [4.69, 9.17) is 4.74 Å². The van der Waals surface area contributed by atoms with Crippen LogP contribution in [0.25, 0.3) is 11.1 Å². The highest BCUT2D eigenvalue weighted by molar-refractivity contribution is 6.31. The molecule has 7 heteroatoms. The quantitative estimate of drug-likeness (QED) is 0.421. The number of carbonyl (C=O) groups excluding carboxylic acids is 1. The van der Waals surface area contributed by atoms with Gasteiger partial charge in [0, 0.05) is 37.4 Å². The Kier molecular flexibility index (Phi) is 11.0. The average molecular weight is 527 g/mol. The number of ether oxygens (including phenoxy) is 1. The molecule has 0 saturated heterocycles. The van der Waals surface area contributed by atoms with Crippen molar-refractivity contribution in [1.82, 2.24) is 4.90 Å². The molecule has 38 heavy (non-hydrogen) atoms. The van der Waals surface area contributed by atoms with E-state index in [-0.39, 0.29) is 12.4 Å². The van der Waals surface area contributed by atoms with E-state index in [1.807, 2.05) is 18.2 Å². The van der Waals surface area contributed by atoms with Crippen molar-refractivity contribution >= 4 is 17.6 Å². The highest BCUT2D eigenvalue weighted by Gasteiger charge is 2.24. The van der Waals surface area contributed by atoms with E-state index >= 15 is 4.39 Å². The fraction of sp³-hybridized carbons (Fsp3) is 0.548. The molecule has 0 radical (unpaired) electrons. The van der Waals surface area contributed by atoms with E-state index in [9.17, 15) is 14.7 Å². The van der Waals surface area contributed by atoms with Crippen LogP contribution in [0, 0.1) is 17.7 Å². The number of aliphatic carboxylic acids is 1. The van der Waals surface area contributed by atoms with E-state index in [0.717, 1.165) is 68.4 Å². The number of halogens is 1. The first kappa shape index (κ1) is 29.5. The third-order valence-corrected chi connectivity index (χ3v) is 6.78. The smallest absolute Gasteiger partial charge is 0.394 e. The fourth-order valence-electron chi connectivity index (χ4n) is 4.89. The van der Waals surface area contributed by atoms with Crippen LogP contribution in [0.3, 0.4) is 0 Å². The van der Waals surface area contributed by atoms with Gasteiger partial charge < -0.3 is 19.6 Å². The molecule has 1 aliphatic heterocycles. The molecule has 0 unspecified atom stereocenters. The largest absolute Gasteiger partial charge is 0.493 e. The van der Waals surface area contributed by atoms with Crippen LogP contribution < -0.4 is 9.64 Å². The molecule has 0 aliphatic carbocycles. The van der Waals surface area contributed by atoms with E-state index in [0.29, 0.717) is 36.3 Å². The van der Waals surface area contributed by atoms with Gasteiger partial charge in [0.1, 0.15) is 11.6 Å². The van der Waals surface area contributed by atoms with Crippen LogP contribution >= 0.6 is 0 Å². The van der Waals surface area contributed by atoms with E-state index in [1.54, 1.807) is 12.1 Å². The van der Waals surface area contributed by atoms with Crippen LogP contribution in [0.15, 0.2) is 36.4 Å². The first-order valence-electron chi connectivity index (χ1n) is 14.0. The van der Waals surface area contributed by atoms with Gasteiger partial charge in [-0.25, -0.2) is 9.18 Å². The summed E-state index contributed by atoms with van der Waals surface area (Å²) in [7, 11) is 0. The lowest BCUT2D eigenvalue weighted by Gasteiger charge is -2.31. The normalized spacial score (nSPS) is 15.4. The molecule has 1 heterocycles. The van der Waals surface area contributed by atoms with Crippen molar-refractivity contribution in [3.05, 3.63) is 47.8 Å². The standard InChI is InChI=1S/C31H43FN2O4/c1-22(2)19-33-15-9-7-5-6-8-10-16-34(30(35)31(36)37)20-25-12-11-24(17-29(25)33)27-18-26(13-14-28(27)32)38-21-23(3)4/h11-14,17-18,22-23H,5-10,15-16,19-21H2,1-4H3,(H,36,37). The molecule has 0 spiro atoms. The lowest BCUT2D eigenvalue weighted by molar-refractivity contribution is -0.156. The number of hydrogen-bond acceptors (Lipinski definition) is 4. The van der Waals surface area contributed by atoms with E-state index in [2.05, 4.69) is 32.6 Å². The van der Waals surface area contributed by atoms with Crippen LogP contribution in [0.4, 0.5) is 10.1 Å². The minimum absolute atomic E-state index is 0.204.